The molecule has 3 aromatic rings. The lowest BCUT2D eigenvalue weighted by molar-refractivity contribution is -0.137. The number of rotatable bonds is 3. The molecule has 1 aromatic heterocycles. The number of hydrogen-bond donors (Lipinski definition) is 1. The van der Waals surface area contributed by atoms with Gasteiger partial charge in [0.15, 0.2) is 0 Å². The fraction of sp³-hybridized carbons (Fsp3) is 0.176. The van der Waals surface area contributed by atoms with Crippen molar-refractivity contribution in [1.82, 2.24) is 14.3 Å². The Kier molecular flexibility index (Phi) is 4.12. The zero-order chi connectivity index (χ0) is 18.2. The van der Waals surface area contributed by atoms with Crippen LogP contribution in [0.15, 0.2) is 53.6 Å². The summed E-state index contributed by atoms with van der Waals surface area (Å²) >= 11 is 0. The highest BCUT2D eigenvalue weighted by Gasteiger charge is 2.30. The molecule has 0 saturated heterocycles. The summed E-state index contributed by atoms with van der Waals surface area (Å²) in [5.41, 5.74) is 7.29. The first-order chi connectivity index (χ1) is 11.8. The average Bonchev–Trinajstić information content (AvgIpc) is 2.91. The van der Waals surface area contributed by atoms with Crippen molar-refractivity contribution in [3.63, 3.8) is 0 Å². The van der Waals surface area contributed by atoms with E-state index in [9.17, 15) is 18.0 Å². The minimum absolute atomic E-state index is 0.244. The van der Waals surface area contributed by atoms with Gasteiger partial charge in [0.1, 0.15) is 6.33 Å². The number of halogens is 3. The van der Waals surface area contributed by atoms with Gasteiger partial charge in [0.05, 0.1) is 17.8 Å². The Bertz CT molecular complexity index is 955. The minimum Gasteiger partial charge on any atom is -0.399 e. The molecule has 0 saturated carbocycles. The fourth-order valence-corrected chi connectivity index (χ4v) is 2.44. The van der Waals surface area contributed by atoms with Gasteiger partial charge in [0, 0.05) is 5.69 Å². The van der Waals surface area contributed by atoms with Crippen LogP contribution in [-0.4, -0.2) is 14.3 Å². The van der Waals surface area contributed by atoms with E-state index in [0.717, 1.165) is 23.3 Å². The maximum Gasteiger partial charge on any atom is 0.416 e. The topological polar surface area (TPSA) is 65.8 Å². The molecule has 130 valence electrons. The quantitative estimate of drug-likeness (QED) is 0.740. The minimum atomic E-state index is -4.42. The first-order valence-electron chi connectivity index (χ1n) is 7.43. The molecule has 0 atom stereocenters. The molecule has 8 heteroatoms. The van der Waals surface area contributed by atoms with Gasteiger partial charge < -0.3 is 5.73 Å². The van der Waals surface area contributed by atoms with Crippen LogP contribution in [0.3, 0.4) is 0 Å². The summed E-state index contributed by atoms with van der Waals surface area (Å²) in [6.45, 7) is 2.11. The van der Waals surface area contributed by atoms with Crippen LogP contribution in [-0.2, 0) is 12.7 Å². The van der Waals surface area contributed by atoms with Gasteiger partial charge in [-0.1, -0.05) is 12.1 Å². The van der Waals surface area contributed by atoms with E-state index in [1.54, 1.807) is 12.1 Å². The summed E-state index contributed by atoms with van der Waals surface area (Å²) in [6, 6.07) is 9.76. The Labute approximate surface area is 141 Å². The van der Waals surface area contributed by atoms with Crippen molar-refractivity contribution >= 4 is 5.69 Å². The van der Waals surface area contributed by atoms with Crippen molar-refractivity contribution in [3.8, 4) is 5.69 Å². The van der Waals surface area contributed by atoms with Crippen molar-refractivity contribution in [3.05, 3.63) is 76.0 Å². The van der Waals surface area contributed by atoms with E-state index in [0.29, 0.717) is 11.4 Å². The molecule has 1 heterocycles. The molecular formula is C17H15F3N4O. The molecule has 0 aliphatic rings. The number of nitrogens with two attached hydrogens (primary N) is 1. The van der Waals surface area contributed by atoms with Gasteiger partial charge in [-0.3, -0.25) is 0 Å². The van der Waals surface area contributed by atoms with Gasteiger partial charge >= 0.3 is 11.9 Å². The van der Waals surface area contributed by atoms with Crippen LogP contribution in [0.5, 0.6) is 0 Å². The van der Waals surface area contributed by atoms with Crippen molar-refractivity contribution in [2.24, 2.45) is 0 Å². The zero-order valence-electron chi connectivity index (χ0n) is 13.3. The van der Waals surface area contributed by atoms with E-state index in [-0.39, 0.29) is 6.54 Å². The first kappa shape index (κ1) is 16.8. The highest BCUT2D eigenvalue weighted by Crippen LogP contribution is 2.29. The molecular weight excluding hydrogens is 333 g/mol. The average molecular weight is 348 g/mol. The molecule has 0 radical (unpaired) electrons. The van der Waals surface area contributed by atoms with Crippen LogP contribution >= 0.6 is 0 Å². The van der Waals surface area contributed by atoms with E-state index < -0.39 is 17.4 Å². The third-order valence-electron chi connectivity index (χ3n) is 3.87. The zero-order valence-corrected chi connectivity index (χ0v) is 13.3. The number of aromatic nitrogens is 3. The van der Waals surface area contributed by atoms with Crippen LogP contribution in [0.1, 0.15) is 16.7 Å². The van der Waals surface area contributed by atoms with Crippen molar-refractivity contribution in [2.45, 2.75) is 19.6 Å². The Hall–Kier alpha value is -3.03. The summed E-state index contributed by atoms with van der Waals surface area (Å²) in [7, 11) is 0. The maximum atomic E-state index is 12.6. The van der Waals surface area contributed by atoms with E-state index >= 15 is 0 Å². The van der Waals surface area contributed by atoms with E-state index in [1.807, 2.05) is 13.0 Å². The lowest BCUT2D eigenvalue weighted by Crippen LogP contribution is -2.24. The third kappa shape index (κ3) is 3.42. The van der Waals surface area contributed by atoms with Gasteiger partial charge in [-0.15, -0.1) is 0 Å². The second-order valence-corrected chi connectivity index (χ2v) is 5.68. The summed E-state index contributed by atoms with van der Waals surface area (Å²) in [4.78, 5) is 12.4. The summed E-state index contributed by atoms with van der Waals surface area (Å²) in [6.07, 6.45) is -3.13. The van der Waals surface area contributed by atoms with Crippen LogP contribution < -0.4 is 11.4 Å². The Morgan fingerprint density at radius 1 is 1.12 bits per heavy atom. The second-order valence-electron chi connectivity index (χ2n) is 5.68. The first-order valence-corrected chi connectivity index (χ1v) is 7.43. The van der Waals surface area contributed by atoms with Gasteiger partial charge in [-0.2, -0.15) is 18.3 Å². The molecule has 25 heavy (non-hydrogen) atoms. The smallest absolute Gasteiger partial charge is 0.399 e. The van der Waals surface area contributed by atoms with Crippen molar-refractivity contribution < 1.29 is 13.2 Å². The third-order valence-corrected chi connectivity index (χ3v) is 3.87. The number of aryl methyl sites for hydroxylation is 1. The monoisotopic (exact) mass is 348 g/mol. The Morgan fingerprint density at radius 3 is 2.40 bits per heavy atom. The molecule has 0 fully saturated rings. The van der Waals surface area contributed by atoms with Gasteiger partial charge in [-0.25, -0.2) is 14.0 Å². The number of nitrogens with zero attached hydrogens (tertiary/aromatic N) is 3. The van der Waals surface area contributed by atoms with E-state index in [2.05, 4.69) is 5.10 Å². The van der Waals surface area contributed by atoms with E-state index in [1.165, 1.54) is 27.7 Å². The molecule has 3 rings (SSSR count). The van der Waals surface area contributed by atoms with Crippen molar-refractivity contribution in [1.29, 1.82) is 0 Å². The molecule has 0 bridgehead atoms. The highest BCUT2D eigenvalue weighted by atomic mass is 19.4. The predicted octanol–water partition coefficient (Wildman–Crippen LogP) is 2.99. The number of hydrogen-bond acceptors (Lipinski definition) is 3. The standard InChI is InChI=1S/C17H15F3N4O/c1-11-8-12(2-7-15(11)21)9-24-16(25)23(10-22-24)14-5-3-13(4-6-14)17(18,19)20/h2-8,10H,9,21H2,1H3. The molecule has 0 amide bonds. The number of anilines is 1. The predicted molar refractivity (Wildman–Crippen MR) is 87.5 cm³/mol. The second kappa shape index (κ2) is 6.12. The number of benzene rings is 2. The van der Waals surface area contributed by atoms with Crippen LogP contribution in [0.25, 0.3) is 5.69 Å². The largest absolute Gasteiger partial charge is 0.416 e. The lowest BCUT2D eigenvalue weighted by Gasteiger charge is -2.07. The number of alkyl halides is 3. The van der Waals surface area contributed by atoms with Gasteiger partial charge in [0.2, 0.25) is 0 Å². The molecule has 0 aliphatic heterocycles. The van der Waals surface area contributed by atoms with Gasteiger partial charge in [0.25, 0.3) is 0 Å². The highest BCUT2D eigenvalue weighted by molar-refractivity contribution is 5.47. The molecule has 0 unspecified atom stereocenters. The normalized spacial score (nSPS) is 11.7. The van der Waals surface area contributed by atoms with Gasteiger partial charge in [-0.05, 0) is 48.4 Å². The SMILES string of the molecule is Cc1cc(Cn2ncn(-c3ccc(C(F)(F)F)cc3)c2=O)ccc1N. The van der Waals surface area contributed by atoms with Crippen LogP contribution in [0, 0.1) is 6.92 Å². The maximum absolute atomic E-state index is 12.6. The molecule has 2 aromatic carbocycles. The summed E-state index contributed by atoms with van der Waals surface area (Å²) < 4.78 is 40.3. The Balaban J connectivity index is 1.88. The summed E-state index contributed by atoms with van der Waals surface area (Å²) in [5, 5.41) is 4.02. The van der Waals surface area contributed by atoms with Crippen LogP contribution in [0.4, 0.5) is 18.9 Å². The molecule has 5 nitrogen and oxygen atoms in total. The number of nitrogen functional groups attached to an aromatic ring is 1. The lowest BCUT2D eigenvalue weighted by atomic mass is 10.1. The molecule has 0 aliphatic carbocycles. The van der Waals surface area contributed by atoms with Crippen LogP contribution in [0.2, 0.25) is 0 Å². The Morgan fingerprint density at radius 2 is 1.80 bits per heavy atom. The molecule has 0 spiro atoms. The van der Waals surface area contributed by atoms with Crippen molar-refractivity contribution in [2.75, 3.05) is 5.73 Å². The van der Waals surface area contributed by atoms with E-state index in [4.69, 9.17) is 5.73 Å². The summed E-state index contributed by atoms with van der Waals surface area (Å²) in [5.74, 6) is 0. The molecule has 2 N–H and O–H groups in total. The fourth-order valence-electron chi connectivity index (χ4n) is 2.44.